The molecule has 1 aromatic rings. The van der Waals surface area contributed by atoms with Gasteiger partial charge in [-0.05, 0) is 56.5 Å². The van der Waals surface area contributed by atoms with Gasteiger partial charge < -0.3 is 15.4 Å². The average Bonchev–Trinajstić information content (AvgIpc) is 3.31. The molecule has 2 fully saturated rings. The first-order chi connectivity index (χ1) is 9.81. The Morgan fingerprint density at radius 1 is 1.25 bits per heavy atom. The minimum Gasteiger partial charge on any atom is -0.493 e. The van der Waals surface area contributed by atoms with Crippen molar-refractivity contribution in [3.8, 4) is 5.75 Å². The molecular formula is C16H22N2O2. The molecule has 4 nitrogen and oxygen atoms in total. The van der Waals surface area contributed by atoms with Crippen LogP contribution in [0.25, 0.3) is 0 Å². The maximum absolute atomic E-state index is 11.9. The third-order valence-electron chi connectivity index (χ3n) is 3.91. The SMILES string of the molecule is O=C(NC1CC1)c1ccc(OCC2CCCNC2)cc1. The van der Waals surface area contributed by atoms with Gasteiger partial charge in [-0.15, -0.1) is 0 Å². The van der Waals surface area contributed by atoms with Gasteiger partial charge in [-0.25, -0.2) is 0 Å². The summed E-state index contributed by atoms with van der Waals surface area (Å²) in [5.74, 6) is 1.47. The van der Waals surface area contributed by atoms with Crippen LogP contribution in [0.15, 0.2) is 24.3 Å². The first-order valence-electron chi connectivity index (χ1n) is 7.56. The quantitative estimate of drug-likeness (QED) is 0.863. The normalized spacial score (nSPS) is 22.3. The summed E-state index contributed by atoms with van der Waals surface area (Å²) >= 11 is 0. The molecule has 20 heavy (non-hydrogen) atoms. The smallest absolute Gasteiger partial charge is 0.251 e. The predicted molar refractivity (Wildman–Crippen MR) is 78.0 cm³/mol. The maximum Gasteiger partial charge on any atom is 0.251 e. The number of benzene rings is 1. The molecule has 3 rings (SSSR count). The van der Waals surface area contributed by atoms with Crippen LogP contribution in [0.2, 0.25) is 0 Å². The Morgan fingerprint density at radius 3 is 2.70 bits per heavy atom. The van der Waals surface area contributed by atoms with Crippen LogP contribution in [-0.4, -0.2) is 31.6 Å². The standard InChI is InChI=1S/C16H22N2O2/c19-16(18-14-5-6-14)13-3-7-15(8-4-13)20-11-12-2-1-9-17-10-12/h3-4,7-8,12,14,17H,1-2,5-6,9-11H2,(H,18,19). The molecule has 1 saturated carbocycles. The van der Waals surface area contributed by atoms with Gasteiger partial charge in [-0.3, -0.25) is 4.79 Å². The van der Waals surface area contributed by atoms with Crippen LogP contribution in [-0.2, 0) is 0 Å². The number of hydrogen-bond donors (Lipinski definition) is 2. The van der Waals surface area contributed by atoms with Crippen LogP contribution in [0.1, 0.15) is 36.0 Å². The number of nitrogens with one attached hydrogen (secondary N) is 2. The zero-order valence-corrected chi connectivity index (χ0v) is 11.7. The zero-order valence-electron chi connectivity index (χ0n) is 11.7. The van der Waals surface area contributed by atoms with Gasteiger partial charge in [0.2, 0.25) is 0 Å². The predicted octanol–water partition coefficient (Wildman–Crippen LogP) is 1.96. The highest BCUT2D eigenvalue weighted by Crippen LogP contribution is 2.20. The van der Waals surface area contributed by atoms with E-state index in [0.717, 1.165) is 38.3 Å². The largest absolute Gasteiger partial charge is 0.493 e. The van der Waals surface area contributed by atoms with Crippen molar-refractivity contribution < 1.29 is 9.53 Å². The molecule has 1 saturated heterocycles. The highest BCUT2D eigenvalue weighted by molar-refractivity contribution is 5.94. The zero-order chi connectivity index (χ0) is 13.8. The van der Waals surface area contributed by atoms with Gasteiger partial charge in [0.25, 0.3) is 5.91 Å². The molecule has 0 aromatic heterocycles. The van der Waals surface area contributed by atoms with Gasteiger partial charge in [0.15, 0.2) is 0 Å². The van der Waals surface area contributed by atoms with Crippen molar-refractivity contribution in [1.29, 1.82) is 0 Å². The van der Waals surface area contributed by atoms with Crippen molar-refractivity contribution in [3.05, 3.63) is 29.8 Å². The van der Waals surface area contributed by atoms with E-state index in [1.54, 1.807) is 0 Å². The van der Waals surface area contributed by atoms with Crippen LogP contribution in [0.5, 0.6) is 5.75 Å². The van der Waals surface area contributed by atoms with Gasteiger partial charge >= 0.3 is 0 Å². The van der Waals surface area contributed by atoms with Crippen LogP contribution in [0, 0.1) is 5.92 Å². The van der Waals surface area contributed by atoms with Crippen LogP contribution in [0.4, 0.5) is 0 Å². The average molecular weight is 274 g/mol. The highest BCUT2D eigenvalue weighted by atomic mass is 16.5. The molecule has 0 bridgehead atoms. The van der Waals surface area contributed by atoms with Crippen LogP contribution >= 0.6 is 0 Å². The van der Waals surface area contributed by atoms with Crippen LogP contribution < -0.4 is 15.4 Å². The Hall–Kier alpha value is -1.55. The summed E-state index contributed by atoms with van der Waals surface area (Å²) in [7, 11) is 0. The van der Waals surface area contributed by atoms with Crippen molar-refractivity contribution in [2.24, 2.45) is 5.92 Å². The Labute approximate surface area is 119 Å². The molecule has 2 N–H and O–H groups in total. The summed E-state index contributed by atoms with van der Waals surface area (Å²) in [5, 5.41) is 6.37. The summed E-state index contributed by atoms with van der Waals surface area (Å²) < 4.78 is 5.80. The number of carbonyl (C=O) groups excluding carboxylic acids is 1. The lowest BCUT2D eigenvalue weighted by Crippen LogP contribution is -2.33. The Morgan fingerprint density at radius 2 is 2.05 bits per heavy atom. The van der Waals surface area contributed by atoms with Gasteiger partial charge in [0, 0.05) is 24.1 Å². The monoisotopic (exact) mass is 274 g/mol. The molecule has 1 aliphatic heterocycles. The third kappa shape index (κ3) is 3.73. The minimum absolute atomic E-state index is 0.0236. The van der Waals surface area contributed by atoms with E-state index >= 15 is 0 Å². The number of hydrogen-bond acceptors (Lipinski definition) is 3. The van der Waals surface area contributed by atoms with Gasteiger partial charge in [-0.1, -0.05) is 0 Å². The Bertz CT molecular complexity index is 448. The highest BCUT2D eigenvalue weighted by Gasteiger charge is 2.23. The van der Waals surface area contributed by atoms with E-state index in [0.29, 0.717) is 17.5 Å². The second kappa shape index (κ2) is 6.27. The van der Waals surface area contributed by atoms with E-state index in [1.807, 2.05) is 24.3 Å². The van der Waals surface area contributed by atoms with E-state index in [9.17, 15) is 4.79 Å². The minimum atomic E-state index is 0.0236. The fourth-order valence-electron chi connectivity index (χ4n) is 2.48. The van der Waals surface area contributed by atoms with Crippen molar-refractivity contribution in [1.82, 2.24) is 10.6 Å². The first kappa shape index (κ1) is 13.4. The van der Waals surface area contributed by atoms with E-state index in [1.165, 1.54) is 12.8 Å². The van der Waals surface area contributed by atoms with Crippen molar-refractivity contribution in [2.75, 3.05) is 19.7 Å². The number of amides is 1. The molecule has 0 spiro atoms. The molecule has 1 aliphatic carbocycles. The summed E-state index contributed by atoms with van der Waals surface area (Å²) in [6, 6.07) is 7.85. The number of piperidine rings is 1. The lowest BCUT2D eigenvalue weighted by Gasteiger charge is -2.22. The molecule has 4 heteroatoms. The molecular weight excluding hydrogens is 252 g/mol. The summed E-state index contributed by atoms with van der Waals surface area (Å²) in [4.78, 5) is 11.9. The van der Waals surface area contributed by atoms with Crippen LogP contribution in [0.3, 0.4) is 0 Å². The van der Waals surface area contributed by atoms with Crippen molar-refractivity contribution >= 4 is 5.91 Å². The van der Waals surface area contributed by atoms with E-state index in [4.69, 9.17) is 4.74 Å². The topological polar surface area (TPSA) is 50.4 Å². The summed E-state index contributed by atoms with van der Waals surface area (Å²) in [6.07, 6.45) is 4.69. The maximum atomic E-state index is 11.9. The van der Waals surface area contributed by atoms with E-state index in [-0.39, 0.29) is 5.91 Å². The molecule has 1 atom stereocenters. The molecule has 0 radical (unpaired) electrons. The Kier molecular flexibility index (Phi) is 4.21. The van der Waals surface area contributed by atoms with Crippen molar-refractivity contribution in [3.63, 3.8) is 0 Å². The lowest BCUT2D eigenvalue weighted by molar-refractivity contribution is 0.0951. The second-order valence-corrected chi connectivity index (χ2v) is 5.80. The molecule has 1 unspecified atom stereocenters. The number of carbonyl (C=O) groups is 1. The van der Waals surface area contributed by atoms with Gasteiger partial charge in [0.05, 0.1) is 6.61 Å². The molecule has 1 amide bonds. The third-order valence-corrected chi connectivity index (χ3v) is 3.91. The van der Waals surface area contributed by atoms with Gasteiger partial charge in [-0.2, -0.15) is 0 Å². The Balaban J connectivity index is 1.48. The molecule has 1 aromatic carbocycles. The first-order valence-corrected chi connectivity index (χ1v) is 7.56. The van der Waals surface area contributed by atoms with Gasteiger partial charge in [0.1, 0.15) is 5.75 Å². The fourth-order valence-corrected chi connectivity index (χ4v) is 2.48. The summed E-state index contributed by atoms with van der Waals surface area (Å²) in [6.45, 7) is 2.92. The fraction of sp³-hybridized carbons (Fsp3) is 0.562. The van der Waals surface area contributed by atoms with E-state index in [2.05, 4.69) is 10.6 Å². The number of ether oxygens (including phenoxy) is 1. The van der Waals surface area contributed by atoms with Crippen molar-refractivity contribution in [2.45, 2.75) is 31.7 Å². The second-order valence-electron chi connectivity index (χ2n) is 5.80. The number of rotatable bonds is 5. The summed E-state index contributed by atoms with van der Waals surface area (Å²) in [5.41, 5.74) is 0.712. The molecule has 1 heterocycles. The van der Waals surface area contributed by atoms with E-state index < -0.39 is 0 Å². The molecule has 2 aliphatic rings. The lowest BCUT2D eigenvalue weighted by atomic mass is 10.0. The molecule has 108 valence electrons.